The Kier molecular flexibility index (Phi) is 3.10. The number of hydrogen-bond acceptors (Lipinski definition) is 2. The molecule has 0 N–H and O–H groups in total. The van der Waals surface area contributed by atoms with Gasteiger partial charge in [-0.2, -0.15) is 0 Å². The Morgan fingerprint density at radius 2 is 1.90 bits per heavy atom. The Labute approximate surface area is 114 Å². The maximum atomic E-state index is 13.2. The number of amides is 1. The summed E-state index contributed by atoms with van der Waals surface area (Å²) < 4.78 is 31.7. The van der Waals surface area contributed by atoms with Gasteiger partial charge in [-0.25, -0.2) is 8.78 Å². The summed E-state index contributed by atoms with van der Waals surface area (Å²) in [7, 11) is 0. The minimum absolute atomic E-state index is 0.252. The molecule has 20 heavy (non-hydrogen) atoms. The molecule has 0 fully saturated rings. The number of halogens is 2. The first-order valence-corrected chi connectivity index (χ1v) is 6.15. The van der Waals surface area contributed by atoms with Gasteiger partial charge >= 0.3 is 0 Å². The lowest BCUT2D eigenvalue weighted by molar-refractivity contribution is 0.0976. The lowest BCUT2D eigenvalue weighted by Gasteiger charge is -2.29. The topological polar surface area (TPSA) is 29.5 Å². The zero-order valence-corrected chi connectivity index (χ0v) is 10.5. The van der Waals surface area contributed by atoms with Crippen molar-refractivity contribution in [3.8, 4) is 5.75 Å². The van der Waals surface area contributed by atoms with Crippen molar-refractivity contribution in [3.63, 3.8) is 0 Å². The van der Waals surface area contributed by atoms with Crippen molar-refractivity contribution in [1.82, 2.24) is 0 Å². The van der Waals surface area contributed by atoms with Crippen molar-refractivity contribution in [2.45, 2.75) is 0 Å². The number of carbonyl (C=O) groups excluding carboxylic acids is 1. The van der Waals surface area contributed by atoms with E-state index in [9.17, 15) is 13.6 Å². The molecule has 0 saturated heterocycles. The Bertz CT molecular complexity index is 673. The van der Waals surface area contributed by atoms with E-state index in [0.29, 0.717) is 18.0 Å². The van der Waals surface area contributed by atoms with E-state index >= 15 is 0 Å². The first-order chi connectivity index (χ1) is 9.65. The number of fused-ring (bicyclic) bond motifs is 1. The summed E-state index contributed by atoms with van der Waals surface area (Å²) in [6.07, 6.45) is 0. The average molecular weight is 275 g/mol. The summed E-state index contributed by atoms with van der Waals surface area (Å²) in [4.78, 5) is 13.9. The molecule has 5 heteroatoms. The molecular weight excluding hydrogens is 264 g/mol. The first kappa shape index (κ1) is 12.6. The van der Waals surface area contributed by atoms with Gasteiger partial charge in [0.1, 0.15) is 24.0 Å². The standard InChI is InChI=1S/C15H11F2NO2/c16-11-3-1-2-10(8-11)15(19)18-6-7-20-14-9-12(17)4-5-13(14)18/h1-5,8-9H,6-7H2. The molecule has 0 spiro atoms. The molecule has 0 radical (unpaired) electrons. The van der Waals surface area contributed by atoms with Crippen LogP contribution in [0.5, 0.6) is 5.75 Å². The third-order valence-corrected chi connectivity index (χ3v) is 3.10. The van der Waals surface area contributed by atoms with Crippen LogP contribution in [0.25, 0.3) is 0 Å². The van der Waals surface area contributed by atoms with E-state index < -0.39 is 11.6 Å². The summed E-state index contributed by atoms with van der Waals surface area (Å²) in [5, 5.41) is 0. The number of rotatable bonds is 1. The molecule has 0 unspecified atom stereocenters. The van der Waals surface area contributed by atoms with Crippen LogP contribution in [0, 0.1) is 11.6 Å². The molecule has 0 atom stereocenters. The van der Waals surface area contributed by atoms with Crippen LogP contribution in [0.1, 0.15) is 10.4 Å². The van der Waals surface area contributed by atoms with E-state index in [-0.39, 0.29) is 18.1 Å². The fourth-order valence-electron chi connectivity index (χ4n) is 2.18. The molecule has 1 aliphatic rings. The lowest BCUT2D eigenvalue weighted by atomic mass is 10.1. The number of hydrogen-bond donors (Lipinski definition) is 0. The van der Waals surface area contributed by atoms with Gasteiger partial charge in [0, 0.05) is 11.6 Å². The van der Waals surface area contributed by atoms with Gasteiger partial charge in [-0.05, 0) is 30.3 Å². The van der Waals surface area contributed by atoms with Gasteiger partial charge in [0.05, 0.1) is 12.2 Å². The van der Waals surface area contributed by atoms with Crippen molar-refractivity contribution in [1.29, 1.82) is 0 Å². The van der Waals surface area contributed by atoms with E-state index in [4.69, 9.17) is 4.74 Å². The van der Waals surface area contributed by atoms with Crippen LogP contribution >= 0.6 is 0 Å². The zero-order chi connectivity index (χ0) is 14.1. The van der Waals surface area contributed by atoms with Crippen molar-refractivity contribution in [2.24, 2.45) is 0 Å². The van der Waals surface area contributed by atoms with Crippen LogP contribution in [0.3, 0.4) is 0 Å². The van der Waals surface area contributed by atoms with Crippen molar-refractivity contribution < 1.29 is 18.3 Å². The smallest absolute Gasteiger partial charge is 0.258 e. The average Bonchev–Trinajstić information content (AvgIpc) is 2.45. The molecule has 3 nitrogen and oxygen atoms in total. The van der Waals surface area contributed by atoms with Gasteiger partial charge in [-0.1, -0.05) is 6.07 Å². The number of carbonyl (C=O) groups is 1. The van der Waals surface area contributed by atoms with Crippen LogP contribution in [-0.2, 0) is 0 Å². The zero-order valence-electron chi connectivity index (χ0n) is 10.5. The fourth-order valence-corrected chi connectivity index (χ4v) is 2.18. The predicted octanol–water partition coefficient (Wildman–Crippen LogP) is 3.00. The highest BCUT2D eigenvalue weighted by molar-refractivity contribution is 6.07. The SMILES string of the molecule is O=C(c1cccc(F)c1)N1CCOc2cc(F)ccc21. The Hall–Kier alpha value is -2.43. The molecule has 0 aliphatic carbocycles. The second-order valence-corrected chi connectivity index (χ2v) is 4.43. The molecular formula is C15H11F2NO2. The third kappa shape index (κ3) is 2.22. The fraction of sp³-hybridized carbons (Fsp3) is 0.133. The molecule has 2 aromatic rings. The highest BCUT2D eigenvalue weighted by Crippen LogP contribution is 2.33. The number of benzene rings is 2. The van der Waals surface area contributed by atoms with Crippen LogP contribution < -0.4 is 9.64 Å². The monoisotopic (exact) mass is 275 g/mol. The van der Waals surface area contributed by atoms with Crippen molar-refractivity contribution in [3.05, 3.63) is 59.7 Å². The molecule has 0 bridgehead atoms. The van der Waals surface area contributed by atoms with Crippen LogP contribution in [0.15, 0.2) is 42.5 Å². The quantitative estimate of drug-likeness (QED) is 0.800. The van der Waals surface area contributed by atoms with E-state index in [1.165, 1.54) is 41.3 Å². The largest absolute Gasteiger partial charge is 0.489 e. The molecule has 102 valence electrons. The summed E-state index contributed by atoms with van der Waals surface area (Å²) in [5.74, 6) is -0.908. The van der Waals surface area contributed by atoms with Gasteiger partial charge in [0.2, 0.25) is 0 Å². The van der Waals surface area contributed by atoms with Gasteiger partial charge < -0.3 is 9.64 Å². The number of ether oxygens (including phenoxy) is 1. The van der Waals surface area contributed by atoms with Gasteiger partial charge in [-0.15, -0.1) is 0 Å². The van der Waals surface area contributed by atoms with Crippen LogP contribution in [-0.4, -0.2) is 19.1 Å². The summed E-state index contributed by atoms with van der Waals surface area (Å²) >= 11 is 0. The van der Waals surface area contributed by atoms with Gasteiger partial charge in [0.15, 0.2) is 0 Å². The molecule has 3 rings (SSSR count). The molecule has 0 aromatic heterocycles. The van der Waals surface area contributed by atoms with E-state index in [1.54, 1.807) is 6.07 Å². The summed E-state index contributed by atoms with van der Waals surface area (Å²) in [6.45, 7) is 0.617. The molecule has 2 aromatic carbocycles. The highest BCUT2D eigenvalue weighted by atomic mass is 19.1. The predicted molar refractivity (Wildman–Crippen MR) is 70.0 cm³/mol. The normalized spacial score (nSPS) is 13.6. The number of nitrogens with zero attached hydrogens (tertiary/aromatic N) is 1. The van der Waals surface area contributed by atoms with E-state index in [0.717, 1.165) is 0 Å². The van der Waals surface area contributed by atoms with Crippen LogP contribution in [0.4, 0.5) is 14.5 Å². The molecule has 1 amide bonds. The van der Waals surface area contributed by atoms with Crippen molar-refractivity contribution >= 4 is 11.6 Å². The van der Waals surface area contributed by atoms with Crippen molar-refractivity contribution in [2.75, 3.05) is 18.1 Å². The second-order valence-electron chi connectivity index (χ2n) is 4.43. The summed E-state index contributed by atoms with van der Waals surface area (Å²) in [5.41, 5.74) is 0.745. The molecule has 1 aliphatic heterocycles. The molecule has 1 heterocycles. The third-order valence-electron chi connectivity index (χ3n) is 3.10. The van der Waals surface area contributed by atoms with E-state index in [2.05, 4.69) is 0 Å². The Morgan fingerprint density at radius 1 is 1.10 bits per heavy atom. The Balaban J connectivity index is 1.98. The Morgan fingerprint density at radius 3 is 2.70 bits per heavy atom. The highest BCUT2D eigenvalue weighted by Gasteiger charge is 2.25. The minimum Gasteiger partial charge on any atom is -0.489 e. The first-order valence-electron chi connectivity index (χ1n) is 6.15. The van der Waals surface area contributed by atoms with Crippen LogP contribution in [0.2, 0.25) is 0 Å². The maximum Gasteiger partial charge on any atom is 0.258 e. The second kappa shape index (κ2) is 4.92. The minimum atomic E-state index is -0.469. The van der Waals surface area contributed by atoms with E-state index in [1.807, 2.05) is 0 Å². The number of anilines is 1. The maximum absolute atomic E-state index is 13.2. The summed E-state index contributed by atoms with van der Waals surface area (Å²) in [6, 6.07) is 9.47. The van der Waals surface area contributed by atoms with Gasteiger partial charge in [0.25, 0.3) is 5.91 Å². The lowest BCUT2D eigenvalue weighted by Crippen LogP contribution is -2.38. The molecule has 0 saturated carbocycles. The van der Waals surface area contributed by atoms with Gasteiger partial charge in [-0.3, -0.25) is 4.79 Å².